The lowest BCUT2D eigenvalue weighted by Crippen LogP contribution is -2.44. The third kappa shape index (κ3) is 1.48. The number of anilines is 1. The van der Waals surface area contributed by atoms with E-state index in [1.165, 1.54) is 0 Å². The van der Waals surface area contributed by atoms with Crippen molar-refractivity contribution in [2.45, 2.75) is 0 Å². The van der Waals surface area contributed by atoms with Gasteiger partial charge in [-0.05, 0) is 12.1 Å². The molecule has 1 aliphatic rings. The molecule has 0 unspecified atom stereocenters. The highest BCUT2D eigenvalue weighted by Crippen LogP contribution is 2.31. The van der Waals surface area contributed by atoms with Crippen molar-refractivity contribution in [3.05, 3.63) is 35.2 Å². The lowest BCUT2D eigenvalue weighted by Gasteiger charge is -2.37. The standard InChI is InChI=1S/C10H8ClN2/c11-9-3-1-2-4-10(9)13-6-8(5-12)7-13/h1-4H,6-7H2. The van der Waals surface area contributed by atoms with Crippen LogP contribution in [-0.4, -0.2) is 13.1 Å². The third-order valence-corrected chi connectivity index (χ3v) is 2.43. The van der Waals surface area contributed by atoms with Gasteiger partial charge in [-0.15, -0.1) is 0 Å². The summed E-state index contributed by atoms with van der Waals surface area (Å²) in [4.78, 5) is 2.08. The maximum Gasteiger partial charge on any atom is 0.114 e. The van der Waals surface area contributed by atoms with Crippen molar-refractivity contribution in [1.29, 1.82) is 5.26 Å². The Balaban J connectivity index is 2.12. The van der Waals surface area contributed by atoms with Crippen LogP contribution in [-0.2, 0) is 0 Å². The molecule has 3 heteroatoms. The summed E-state index contributed by atoms with van der Waals surface area (Å²) in [5.74, 6) is 0.917. The normalized spacial score (nSPS) is 16.5. The second kappa shape index (κ2) is 3.27. The molecule has 2 rings (SSSR count). The summed E-state index contributed by atoms with van der Waals surface area (Å²) in [7, 11) is 0. The van der Waals surface area contributed by atoms with Crippen molar-refractivity contribution < 1.29 is 0 Å². The molecule has 1 aromatic carbocycles. The molecular weight excluding hydrogens is 184 g/mol. The Morgan fingerprint density at radius 3 is 2.62 bits per heavy atom. The van der Waals surface area contributed by atoms with Crippen LogP contribution < -0.4 is 4.90 Å². The summed E-state index contributed by atoms with van der Waals surface area (Å²) in [6.07, 6.45) is 0. The minimum Gasteiger partial charge on any atom is -0.367 e. The highest BCUT2D eigenvalue weighted by atomic mass is 35.5. The molecule has 0 atom stereocenters. The number of halogens is 1. The van der Waals surface area contributed by atoms with Crippen LogP contribution in [0.15, 0.2) is 24.3 Å². The van der Waals surface area contributed by atoms with Gasteiger partial charge in [-0.3, -0.25) is 0 Å². The van der Waals surface area contributed by atoms with Gasteiger partial charge in [-0.1, -0.05) is 23.7 Å². The van der Waals surface area contributed by atoms with Crippen LogP contribution in [0.25, 0.3) is 0 Å². The molecule has 1 heterocycles. The highest BCUT2D eigenvalue weighted by Gasteiger charge is 2.28. The number of nitrogens with zero attached hydrogens (tertiary/aromatic N) is 2. The quantitative estimate of drug-likeness (QED) is 0.681. The zero-order valence-electron chi connectivity index (χ0n) is 7.00. The first-order chi connectivity index (χ1) is 6.31. The average molecular weight is 192 g/mol. The molecular formula is C10H8ClN2. The molecule has 0 saturated carbocycles. The van der Waals surface area contributed by atoms with Crippen molar-refractivity contribution >= 4 is 17.3 Å². The Hall–Kier alpha value is -1.20. The first-order valence-electron chi connectivity index (χ1n) is 4.05. The number of hydrogen-bond donors (Lipinski definition) is 0. The van der Waals surface area contributed by atoms with Crippen LogP contribution in [0.3, 0.4) is 0 Å². The smallest absolute Gasteiger partial charge is 0.114 e. The molecule has 65 valence electrons. The summed E-state index contributed by atoms with van der Waals surface area (Å²) in [5.41, 5.74) is 1.02. The number of para-hydroxylation sites is 1. The fraction of sp³-hybridized carbons (Fsp3) is 0.200. The Labute approximate surface area is 82.3 Å². The van der Waals surface area contributed by atoms with Crippen molar-refractivity contribution in [3.63, 3.8) is 0 Å². The predicted molar refractivity (Wildman–Crippen MR) is 52.5 cm³/mol. The van der Waals surface area contributed by atoms with E-state index in [0.717, 1.165) is 29.7 Å². The second-order valence-electron chi connectivity index (χ2n) is 3.02. The molecule has 0 N–H and O–H groups in total. The molecule has 0 aromatic heterocycles. The van der Waals surface area contributed by atoms with Crippen LogP contribution in [0.5, 0.6) is 0 Å². The third-order valence-electron chi connectivity index (χ3n) is 2.11. The van der Waals surface area contributed by atoms with Gasteiger partial charge < -0.3 is 4.90 Å². The van der Waals surface area contributed by atoms with Crippen molar-refractivity contribution in [2.24, 2.45) is 0 Å². The zero-order chi connectivity index (χ0) is 9.26. The van der Waals surface area contributed by atoms with Gasteiger partial charge in [0.05, 0.1) is 16.8 Å². The average Bonchev–Trinajstić information content (AvgIpc) is 2.06. The number of rotatable bonds is 1. The molecule has 2 nitrogen and oxygen atoms in total. The molecule has 1 radical (unpaired) electrons. The largest absolute Gasteiger partial charge is 0.367 e. The van der Waals surface area contributed by atoms with Gasteiger partial charge in [-0.25, -0.2) is 0 Å². The highest BCUT2D eigenvalue weighted by molar-refractivity contribution is 6.33. The van der Waals surface area contributed by atoms with Gasteiger partial charge in [0.15, 0.2) is 0 Å². The van der Waals surface area contributed by atoms with Crippen molar-refractivity contribution in [1.82, 2.24) is 0 Å². The van der Waals surface area contributed by atoms with Crippen LogP contribution in [0.2, 0.25) is 5.02 Å². The summed E-state index contributed by atoms with van der Waals surface area (Å²) in [6, 6.07) is 9.84. The van der Waals surface area contributed by atoms with E-state index in [1.807, 2.05) is 24.3 Å². The topological polar surface area (TPSA) is 27.0 Å². The summed E-state index contributed by atoms with van der Waals surface area (Å²) >= 11 is 5.99. The molecule has 1 fully saturated rings. The van der Waals surface area contributed by atoms with Crippen LogP contribution in [0, 0.1) is 17.2 Å². The van der Waals surface area contributed by atoms with Gasteiger partial charge in [0.25, 0.3) is 0 Å². The minimum absolute atomic E-state index is 0.722. The van der Waals surface area contributed by atoms with E-state index in [4.69, 9.17) is 16.9 Å². The zero-order valence-corrected chi connectivity index (χ0v) is 7.75. The number of nitriles is 1. The molecule has 0 bridgehead atoms. The van der Waals surface area contributed by atoms with Gasteiger partial charge in [-0.2, -0.15) is 5.26 Å². The molecule has 1 saturated heterocycles. The van der Waals surface area contributed by atoms with E-state index in [1.54, 1.807) is 0 Å². The molecule has 13 heavy (non-hydrogen) atoms. The van der Waals surface area contributed by atoms with Crippen molar-refractivity contribution in [3.8, 4) is 6.07 Å². The summed E-state index contributed by atoms with van der Waals surface area (Å²) in [6.45, 7) is 1.44. The number of hydrogen-bond acceptors (Lipinski definition) is 2. The Kier molecular flexibility index (Phi) is 2.12. The van der Waals surface area contributed by atoms with E-state index < -0.39 is 0 Å². The predicted octanol–water partition coefficient (Wildman–Crippen LogP) is 2.26. The van der Waals surface area contributed by atoms with Gasteiger partial charge >= 0.3 is 0 Å². The second-order valence-corrected chi connectivity index (χ2v) is 3.43. The SMILES string of the molecule is N#C[C]1CN(c2ccccc2Cl)C1. The lowest BCUT2D eigenvalue weighted by molar-refractivity contribution is 0.704. The van der Waals surface area contributed by atoms with E-state index in [2.05, 4.69) is 11.0 Å². The monoisotopic (exact) mass is 191 g/mol. The van der Waals surface area contributed by atoms with Crippen LogP contribution in [0.4, 0.5) is 5.69 Å². The van der Waals surface area contributed by atoms with E-state index >= 15 is 0 Å². The fourth-order valence-electron chi connectivity index (χ4n) is 1.36. The lowest BCUT2D eigenvalue weighted by atomic mass is 10.0. The van der Waals surface area contributed by atoms with Gasteiger partial charge in [0.2, 0.25) is 0 Å². The van der Waals surface area contributed by atoms with E-state index in [9.17, 15) is 0 Å². The molecule has 0 amide bonds. The maximum atomic E-state index is 8.57. The van der Waals surface area contributed by atoms with Gasteiger partial charge in [0, 0.05) is 13.1 Å². The first-order valence-corrected chi connectivity index (χ1v) is 4.43. The molecule has 1 aromatic rings. The number of benzene rings is 1. The Bertz CT molecular complexity index is 350. The summed E-state index contributed by atoms with van der Waals surface area (Å²) in [5, 5.41) is 9.32. The summed E-state index contributed by atoms with van der Waals surface area (Å²) < 4.78 is 0. The molecule has 1 aliphatic heterocycles. The Morgan fingerprint density at radius 2 is 2.00 bits per heavy atom. The first kappa shape index (κ1) is 8.40. The molecule has 0 spiro atoms. The maximum absolute atomic E-state index is 8.57. The van der Waals surface area contributed by atoms with Gasteiger partial charge in [0.1, 0.15) is 5.92 Å². The fourth-order valence-corrected chi connectivity index (χ4v) is 1.62. The van der Waals surface area contributed by atoms with E-state index in [0.29, 0.717) is 0 Å². The minimum atomic E-state index is 0.722. The van der Waals surface area contributed by atoms with Crippen LogP contribution >= 0.6 is 11.6 Å². The van der Waals surface area contributed by atoms with Crippen molar-refractivity contribution in [2.75, 3.05) is 18.0 Å². The Morgan fingerprint density at radius 1 is 1.31 bits per heavy atom. The van der Waals surface area contributed by atoms with E-state index in [-0.39, 0.29) is 0 Å². The van der Waals surface area contributed by atoms with Crippen LogP contribution in [0.1, 0.15) is 0 Å². The molecule has 0 aliphatic carbocycles.